The highest BCUT2D eigenvalue weighted by molar-refractivity contribution is 7.26. The Morgan fingerprint density at radius 2 is 0.955 bits per heavy atom. The number of hydrogen-bond donors (Lipinski definition) is 0. The smallest absolute Gasteiger partial charge is 0.166 e. The Morgan fingerprint density at radius 1 is 0.348 bits per heavy atom. The summed E-state index contributed by atoms with van der Waals surface area (Å²) in [5.41, 5.74) is 9.22. The van der Waals surface area contributed by atoms with E-state index in [2.05, 4.69) is 103 Å². The zero-order valence-electron chi connectivity index (χ0n) is 42.1. The lowest BCUT2D eigenvalue weighted by molar-refractivity contribution is 1.07. The van der Waals surface area contributed by atoms with Crippen molar-refractivity contribution >= 4 is 64.1 Å². The summed E-state index contributed by atoms with van der Waals surface area (Å²) in [4.78, 5) is 15.9. The molecule has 0 saturated carbocycles. The van der Waals surface area contributed by atoms with Crippen LogP contribution >= 0.6 is 11.3 Å². The molecule has 0 bridgehead atoms. The van der Waals surface area contributed by atoms with Crippen LogP contribution in [0, 0.1) is 0 Å². The number of rotatable bonds is 7. The van der Waals surface area contributed by atoms with Gasteiger partial charge in [0, 0.05) is 47.6 Å². The maximum Gasteiger partial charge on any atom is 0.166 e. The molecule has 0 N–H and O–H groups in total. The van der Waals surface area contributed by atoms with Gasteiger partial charge < -0.3 is 4.57 Å². The van der Waals surface area contributed by atoms with Gasteiger partial charge in [-0.2, -0.15) is 0 Å². The Morgan fingerprint density at radius 3 is 1.80 bits per heavy atom. The van der Waals surface area contributed by atoms with E-state index in [0.717, 1.165) is 49.7 Å². The van der Waals surface area contributed by atoms with Crippen molar-refractivity contribution in [2.24, 2.45) is 0 Å². The summed E-state index contributed by atoms with van der Waals surface area (Å²) in [5.74, 6) is 1.10. The average Bonchev–Trinajstić information content (AvgIpc) is 4.01. The van der Waals surface area contributed by atoms with E-state index < -0.39 is 12.1 Å². The first-order valence-electron chi connectivity index (χ1n) is 25.2. The number of fused-ring (bicyclic) bond motifs is 7. The van der Waals surface area contributed by atoms with E-state index in [1.54, 1.807) is 22.0 Å². The summed E-state index contributed by atoms with van der Waals surface area (Å²) in [7, 11) is 0. The molecule has 3 aromatic heterocycles. The van der Waals surface area contributed by atoms with Crippen molar-refractivity contribution < 1.29 is 9.60 Å². The molecule has 0 unspecified atom stereocenters. The molecule has 0 fully saturated rings. The van der Waals surface area contributed by atoms with E-state index in [9.17, 15) is 2.74 Å². The molecule has 0 radical (unpaired) electrons. The molecule has 13 aromatic rings. The molecule has 5 heteroatoms. The van der Waals surface area contributed by atoms with Crippen molar-refractivity contribution in [2.75, 3.05) is 0 Å². The zero-order valence-corrected chi connectivity index (χ0v) is 35.9. The highest BCUT2D eigenvalue weighted by Crippen LogP contribution is 2.43. The molecule has 66 heavy (non-hydrogen) atoms. The summed E-state index contributed by atoms with van der Waals surface area (Å²) in [6, 6.07) is 60.8. The van der Waals surface area contributed by atoms with Crippen LogP contribution in [0.2, 0.25) is 0 Å². The lowest BCUT2D eigenvalue weighted by Crippen LogP contribution is -2.04. The van der Waals surface area contributed by atoms with Gasteiger partial charge in [0.05, 0.1) is 26.3 Å². The van der Waals surface area contributed by atoms with Gasteiger partial charge >= 0.3 is 0 Å². The maximum absolute atomic E-state index is 9.26. The topological polar surface area (TPSA) is 43.6 Å². The molecular formula is C61H38N4S. The van der Waals surface area contributed by atoms with E-state index in [1.807, 2.05) is 72.8 Å². The first-order valence-corrected chi connectivity index (χ1v) is 22.5. The van der Waals surface area contributed by atoms with Crippen molar-refractivity contribution in [3.05, 3.63) is 230 Å². The molecule has 4 nitrogen and oxygen atoms in total. The zero-order chi connectivity index (χ0) is 49.6. The van der Waals surface area contributed by atoms with Gasteiger partial charge in [0.25, 0.3) is 0 Å². The van der Waals surface area contributed by atoms with E-state index >= 15 is 0 Å². The molecule has 0 aliphatic heterocycles. The van der Waals surface area contributed by atoms with Crippen LogP contribution in [0.25, 0.3) is 126 Å². The minimum absolute atomic E-state index is 0.0625. The lowest BCUT2D eigenvalue weighted by atomic mass is 9.94. The molecule has 308 valence electrons. The third-order valence-electron chi connectivity index (χ3n) is 12.4. The van der Waals surface area contributed by atoms with Gasteiger partial charge in [0.15, 0.2) is 17.5 Å². The molecule has 3 heterocycles. The normalized spacial score (nSPS) is 13.1. The van der Waals surface area contributed by atoms with Gasteiger partial charge in [-0.15, -0.1) is 11.3 Å². The first kappa shape index (κ1) is 31.4. The monoisotopic (exact) mass is 865 g/mol. The van der Waals surface area contributed by atoms with Gasteiger partial charge in [-0.3, -0.25) is 0 Å². The Bertz CT molecular complexity index is 4420. The minimum atomic E-state index is -0.466. The third-order valence-corrected chi connectivity index (χ3v) is 13.6. The van der Waals surface area contributed by atoms with Crippen molar-refractivity contribution in [3.8, 4) is 73.2 Å². The van der Waals surface area contributed by atoms with Crippen molar-refractivity contribution in [1.29, 1.82) is 0 Å². The number of hydrogen-bond acceptors (Lipinski definition) is 4. The Hall–Kier alpha value is -8.51. The summed E-state index contributed by atoms with van der Waals surface area (Å²) in [5, 5.41) is 4.49. The van der Waals surface area contributed by atoms with Crippen LogP contribution in [-0.2, 0) is 0 Å². The molecule has 0 saturated heterocycles. The number of nitrogens with zero attached hydrogens (tertiary/aromatic N) is 4. The third kappa shape index (κ3) is 6.32. The molecule has 0 aliphatic carbocycles. The number of aromatic nitrogens is 4. The molecule has 0 spiro atoms. The van der Waals surface area contributed by atoms with E-state index in [4.69, 9.17) is 21.8 Å². The van der Waals surface area contributed by atoms with Crippen LogP contribution < -0.4 is 0 Å². The first-order chi connectivity index (χ1) is 35.6. The number of benzene rings is 10. The quantitative estimate of drug-likeness (QED) is 0.160. The fourth-order valence-corrected chi connectivity index (χ4v) is 10.6. The van der Waals surface area contributed by atoms with Crippen molar-refractivity contribution in [2.45, 2.75) is 0 Å². The van der Waals surface area contributed by atoms with Crippen LogP contribution in [0.15, 0.2) is 230 Å². The van der Waals surface area contributed by atoms with Crippen LogP contribution in [0.4, 0.5) is 0 Å². The van der Waals surface area contributed by atoms with Gasteiger partial charge in [-0.1, -0.05) is 182 Å². The molecule has 0 amide bonds. The average molecular weight is 866 g/mol. The number of para-hydroxylation sites is 3. The summed E-state index contributed by atoms with van der Waals surface area (Å²) < 4.78 is 66.6. The standard InChI is InChI=1S/C61H38N4S/c1-3-17-39(18-4-1)41-33-36-57-53(38-41)50-29-16-28-45(58(50)66-57)42-21-15-22-43(37-42)59-62-60(51-35-34-44(40-19-5-2-6-20-40)46-23-7-8-24-47(46)51)64-61(63-59)52-27-11-14-32-56(52)65-54-30-12-9-25-48(54)49-26-10-13-31-55(49)65/h1-38H/i9D,10D,12D,25D,26D,30D,31D. The van der Waals surface area contributed by atoms with Crippen LogP contribution in [-0.4, -0.2) is 19.5 Å². The van der Waals surface area contributed by atoms with E-state index in [-0.39, 0.29) is 57.8 Å². The lowest BCUT2D eigenvalue weighted by Gasteiger charge is -2.16. The summed E-state index contributed by atoms with van der Waals surface area (Å²) >= 11 is 1.77. The van der Waals surface area contributed by atoms with Crippen LogP contribution in [0.5, 0.6) is 0 Å². The van der Waals surface area contributed by atoms with Gasteiger partial charge in [0.1, 0.15) is 0 Å². The molecule has 13 rings (SSSR count). The minimum Gasteiger partial charge on any atom is -0.309 e. The maximum atomic E-state index is 9.26. The molecule has 10 aromatic carbocycles. The highest BCUT2D eigenvalue weighted by atomic mass is 32.1. The fraction of sp³-hybridized carbons (Fsp3) is 0. The van der Waals surface area contributed by atoms with Gasteiger partial charge in [-0.05, 0) is 92.6 Å². The Labute approximate surface area is 395 Å². The van der Waals surface area contributed by atoms with Crippen LogP contribution in [0.1, 0.15) is 9.60 Å². The fourth-order valence-electron chi connectivity index (χ4n) is 9.34. The molecule has 0 atom stereocenters. The van der Waals surface area contributed by atoms with Crippen molar-refractivity contribution in [3.63, 3.8) is 0 Å². The summed E-state index contributed by atoms with van der Waals surface area (Å²) in [6.07, 6.45) is 0. The summed E-state index contributed by atoms with van der Waals surface area (Å²) in [6.45, 7) is 0. The van der Waals surface area contributed by atoms with Crippen molar-refractivity contribution in [1.82, 2.24) is 19.5 Å². The molecular weight excluding hydrogens is 821 g/mol. The van der Waals surface area contributed by atoms with E-state index in [1.165, 1.54) is 31.8 Å². The highest BCUT2D eigenvalue weighted by Gasteiger charge is 2.21. The molecule has 0 aliphatic rings. The van der Waals surface area contributed by atoms with Crippen LogP contribution in [0.3, 0.4) is 0 Å². The Balaban J connectivity index is 1.05. The SMILES string of the molecule is [2H]c1cc([2H])c2c(c1[2H])c1c([2H])c([2H])c([2H])c([2H])c1n2-c1ccccc1-c1nc(-c2cccc(-c3cccc4c3sc3ccc(-c5ccccc5)cc34)c2)nc(-c2ccc(-c3ccccc3)c3ccccc23)n1. The van der Waals surface area contributed by atoms with E-state index in [0.29, 0.717) is 22.9 Å². The second kappa shape index (κ2) is 15.6. The Kier molecular flexibility index (Phi) is 7.43. The largest absolute Gasteiger partial charge is 0.309 e. The van der Waals surface area contributed by atoms with Gasteiger partial charge in [-0.25, -0.2) is 15.0 Å². The second-order valence-corrected chi connectivity index (χ2v) is 17.2. The predicted octanol–water partition coefficient (Wildman–Crippen LogP) is 16.5. The second-order valence-electron chi connectivity index (χ2n) is 16.2. The van der Waals surface area contributed by atoms with Gasteiger partial charge in [0.2, 0.25) is 0 Å². The number of thiophene rings is 1. The predicted molar refractivity (Wildman–Crippen MR) is 277 cm³/mol.